The number of benzene rings is 1. The van der Waals surface area contributed by atoms with Crippen LogP contribution in [0.4, 0.5) is 24.5 Å². The van der Waals surface area contributed by atoms with Crippen LogP contribution in [0.2, 0.25) is 0 Å². The zero-order valence-electron chi connectivity index (χ0n) is 14.6. The van der Waals surface area contributed by atoms with E-state index >= 15 is 0 Å². The first-order chi connectivity index (χ1) is 11.4. The number of alkyl halides is 3. The minimum atomic E-state index is -4.53. The molecule has 4 N–H and O–H groups in total. The number of nitrogens with one attached hydrogen (secondary N) is 2. The summed E-state index contributed by atoms with van der Waals surface area (Å²) >= 11 is 0. The van der Waals surface area contributed by atoms with Gasteiger partial charge in [-0.25, -0.2) is 0 Å². The SMILES string of the molecule is CC(C)[C@H](N)C(=O)NCC(=O)Nc1cc(C(F)(F)F)ccc1N(C)C. The molecule has 2 amide bonds. The minimum Gasteiger partial charge on any atom is -0.376 e. The first kappa shape index (κ1) is 20.8. The summed E-state index contributed by atoms with van der Waals surface area (Å²) in [5.74, 6) is -1.25. The van der Waals surface area contributed by atoms with Gasteiger partial charge < -0.3 is 21.3 Å². The number of halogens is 3. The summed E-state index contributed by atoms with van der Waals surface area (Å²) in [4.78, 5) is 25.3. The van der Waals surface area contributed by atoms with Crippen LogP contribution < -0.4 is 21.3 Å². The topological polar surface area (TPSA) is 87.5 Å². The van der Waals surface area contributed by atoms with E-state index in [1.165, 1.54) is 6.07 Å². The highest BCUT2D eigenvalue weighted by molar-refractivity contribution is 5.97. The average molecular weight is 360 g/mol. The van der Waals surface area contributed by atoms with E-state index in [9.17, 15) is 22.8 Å². The summed E-state index contributed by atoms with van der Waals surface area (Å²) < 4.78 is 38.6. The van der Waals surface area contributed by atoms with Crippen LogP contribution in [0.25, 0.3) is 0 Å². The number of amides is 2. The van der Waals surface area contributed by atoms with E-state index < -0.39 is 29.6 Å². The van der Waals surface area contributed by atoms with Gasteiger partial charge in [-0.15, -0.1) is 0 Å². The van der Waals surface area contributed by atoms with Gasteiger partial charge in [-0.2, -0.15) is 13.2 Å². The predicted octanol–water partition coefficient (Wildman–Crippen LogP) is 1.81. The van der Waals surface area contributed by atoms with Gasteiger partial charge in [0.2, 0.25) is 11.8 Å². The van der Waals surface area contributed by atoms with Crippen molar-refractivity contribution in [2.75, 3.05) is 30.9 Å². The van der Waals surface area contributed by atoms with Crippen molar-refractivity contribution in [3.8, 4) is 0 Å². The maximum absolute atomic E-state index is 12.9. The average Bonchev–Trinajstić information content (AvgIpc) is 2.50. The summed E-state index contributed by atoms with van der Waals surface area (Å²) in [7, 11) is 3.28. The summed E-state index contributed by atoms with van der Waals surface area (Å²) in [6, 6.07) is 2.30. The summed E-state index contributed by atoms with van der Waals surface area (Å²) in [6.07, 6.45) is -4.53. The second-order valence-corrected chi connectivity index (χ2v) is 6.16. The normalized spacial score (nSPS) is 12.7. The molecule has 0 radical (unpaired) electrons. The number of nitrogens with zero attached hydrogens (tertiary/aromatic N) is 1. The Morgan fingerprint density at radius 2 is 1.84 bits per heavy atom. The highest BCUT2D eigenvalue weighted by Gasteiger charge is 2.31. The third-order valence-corrected chi connectivity index (χ3v) is 3.52. The molecule has 0 fully saturated rings. The molecule has 9 heteroatoms. The van der Waals surface area contributed by atoms with Crippen molar-refractivity contribution in [2.45, 2.75) is 26.1 Å². The number of rotatable bonds is 6. The first-order valence-corrected chi connectivity index (χ1v) is 7.65. The van der Waals surface area contributed by atoms with Gasteiger partial charge in [0.15, 0.2) is 0 Å². The van der Waals surface area contributed by atoms with Gasteiger partial charge in [0, 0.05) is 14.1 Å². The van der Waals surface area contributed by atoms with Gasteiger partial charge in [-0.3, -0.25) is 9.59 Å². The lowest BCUT2D eigenvalue weighted by molar-refractivity contribution is -0.137. The number of hydrogen-bond acceptors (Lipinski definition) is 4. The van der Waals surface area contributed by atoms with Crippen LogP contribution in [-0.4, -0.2) is 38.5 Å². The van der Waals surface area contributed by atoms with Crippen molar-refractivity contribution >= 4 is 23.2 Å². The molecule has 1 aromatic rings. The van der Waals surface area contributed by atoms with Crippen LogP contribution in [0.15, 0.2) is 18.2 Å². The fourth-order valence-electron chi connectivity index (χ4n) is 1.98. The number of anilines is 2. The fourth-order valence-corrected chi connectivity index (χ4v) is 1.98. The molecule has 0 aliphatic carbocycles. The van der Waals surface area contributed by atoms with Crippen LogP contribution in [-0.2, 0) is 15.8 Å². The van der Waals surface area contributed by atoms with Gasteiger partial charge in [0.1, 0.15) is 0 Å². The predicted molar refractivity (Wildman–Crippen MR) is 90.2 cm³/mol. The van der Waals surface area contributed by atoms with Gasteiger partial charge >= 0.3 is 6.18 Å². The lowest BCUT2D eigenvalue weighted by Gasteiger charge is -2.20. The molecule has 0 spiro atoms. The molecule has 1 rings (SSSR count). The van der Waals surface area contributed by atoms with Crippen LogP contribution in [0, 0.1) is 5.92 Å². The van der Waals surface area contributed by atoms with Crippen molar-refractivity contribution in [3.05, 3.63) is 23.8 Å². The van der Waals surface area contributed by atoms with Gasteiger partial charge in [-0.1, -0.05) is 13.8 Å². The smallest absolute Gasteiger partial charge is 0.376 e. The molecule has 0 saturated heterocycles. The van der Waals surface area contributed by atoms with E-state index in [-0.39, 0.29) is 18.2 Å². The zero-order chi connectivity index (χ0) is 19.4. The maximum atomic E-state index is 12.9. The van der Waals surface area contributed by atoms with E-state index in [2.05, 4.69) is 10.6 Å². The van der Waals surface area contributed by atoms with Crippen LogP contribution >= 0.6 is 0 Å². The molecule has 0 bridgehead atoms. The maximum Gasteiger partial charge on any atom is 0.416 e. The molecule has 25 heavy (non-hydrogen) atoms. The van der Waals surface area contributed by atoms with Gasteiger partial charge in [0.05, 0.1) is 29.5 Å². The van der Waals surface area contributed by atoms with Gasteiger partial charge in [-0.05, 0) is 24.1 Å². The summed E-state index contributed by atoms with van der Waals surface area (Å²) in [5, 5.41) is 4.76. The zero-order valence-corrected chi connectivity index (χ0v) is 14.6. The molecule has 1 atom stereocenters. The molecule has 6 nitrogen and oxygen atoms in total. The van der Waals surface area contributed by atoms with E-state index in [1.54, 1.807) is 32.8 Å². The lowest BCUT2D eigenvalue weighted by Crippen LogP contribution is -2.46. The van der Waals surface area contributed by atoms with Crippen LogP contribution in [0.1, 0.15) is 19.4 Å². The molecule has 0 saturated carbocycles. The van der Waals surface area contributed by atoms with E-state index in [1.807, 2.05) is 0 Å². The van der Waals surface area contributed by atoms with Crippen molar-refractivity contribution < 1.29 is 22.8 Å². The highest BCUT2D eigenvalue weighted by atomic mass is 19.4. The number of nitrogens with two attached hydrogens (primary N) is 1. The van der Waals surface area contributed by atoms with Crippen LogP contribution in [0.3, 0.4) is 0 Å². The largest absolute Gasteiger partial charge is 0.416 e. The van der Waals surface area contributed by atoms with Gasteiger partial charge in [0.25, 0.3) is 0 Å². The Morgan fingerprint density at radius 3 is 2.32 bits per heavy atom. The Balaban J connectivity index is 2.86. The second kappa shape index (κ2) is 8.19. The molecule has 0 heterocycles. The molecule has 0 unspecified atom stereocenters. The summed E-state index contributed by atoms with van der Waals surface area (Å²) in [5.41, 5.74) is 5.19. The standard InChI is InChI=1S/C16H23F3N4O2/c1-9(2)14(20)15(25)21-8-13(24)22-11-7-10(16(17,18)19)5-6-12(11)23(3)4/h5-7,9,14H,8,20H2,1-4H3,(H,21,25)(H,22,24)/t14-/m0/s1. The monoisotopic (exact) mass is 360 g/mol. The Morgan fingerprint density at radius 1 is 1.24 bits per heavy atom. The molecule has 0 aromatic heterocycles. The Kier molecular flexibility index (Phi) is 6.80. The molecule has 1 aromatic carbocycles. The fraction of sp³-hybridized carbons (Fsp3) is 0.500. The number of carbonyl (C=O) groups is 2. The van der Waals surface area contributed by atoms with Crippen molar-refractivity contribution in [3.63, 3.8) is 0 Å². The van der Waals surface area contributed by atoms with Crippen molar-refractivity contribution in [2.24, 2.45) is 11.7 Å². The quantitative estimate of drug-likeness (QED) is 0.722. The van der Waals surface area contributed by atoms with Crippen LogP contribution in [0.5, 0.6) is 0 Å². The Labute approximate surface area is 144 Å². The summed E-state index contributed by atoms with van der Waals surface area (Å²) in [6.45, 7) is 3.13. The number of hydrogen-bond donors (Lipinski definition) is 3. The van der Waals surface area contributed by atoms with Crippen molar-refractivity contribution in [1.29, 1.82) is 0 Å². The van der Waals surface area contributed by atoms with E-state index in [0.29, 0.717) is 5.69 Å². The van der Waals surface area contributed by atoms with Crippen molar-refractivity contribution in [1.82, 2.24) is 5.32 Å². The molecule has 140 valence electrons. The molecular formula is C16H23F3N4O2. The highest BCUT2D eigenvalue weighted by Crippen LogP contribution is 2.34. The number of carbonyl (C=O) groups excluding carboxylic acids is 2. The molecule has 0 aliphatic heterocycles. The molecular weight excluding hydrogens is 337 g/mol. The second-order valence-electron chi connectivity index (χ2n) is 6.16. The first-order valence-electron chi connectivity index (χ1n) is 7.65. The van der Waals surface area contributed by atoms with E-state index in [0.717, 1.165) is 12.1 Å². The third-order valence-electron chi connectivity index (χ3n) is 3.52. The molecule has 0 aliphatic rings. The lowest BCUT2D eigenvalue weighted by atomic mass is 10.1. The minimum absolute atomic E-state index is 0.00670. The Bertz CT molecular complexity index is 630. The van der Waals surface area contributed by atoms with E-state index in [4.69, 9.17) is 5.73 Å². The Hall–Kier alpha value is -2.29. The third kappa shape index (κ3) is 5.93.